The third-order valence-corrected chi connectivity index (χ3v) is 4.63. The van der Waals surface area contributed by atoms with Gasteiger partial charge in [-0.3, -0.25) is 0 Å². The zero-order chi connectivity index (χ0) is 9.94. The lowest BCUT2D eigenvalue weighted by Gasteiger charge is -2.02. The van der Waals surface area contributed by atoms with E-state index in [4.69, 9.17) is 0 Å². The highest BCUT2D eigenvalue weighted by Crippen LogP contribution is 2.09. The lowest BCUT2D eigenvalue weighted by atomic mass is 10.1. The molecule has 0 aliphatic carbocycles. The summed E-state index contributed by atoms with van der Waals surface area (Å²) in [5.41, 5.74) is 0. The van der Waals surface area contributed by atoms with Gasteiger partial charge in [-0.15, -0.1) is 0 Å². The maximum absolute atomic E-state index is 3.64. The Morgan fingerprint density at radius 2 is 1.23 bits per heavy atom. The molecule has 0 unspecified atom stereocenters. The van der Waals surface area contributed by atoms with Crippen molar-refractivity contribution in [2.24, 2.45) is 0 Å². The SMILES string of the molecule is CCCCCCCCCC[Si]([Si])[Si]. The fourth-order valence-corrected chi connectivity index (χ4v) is 3.10. The molecule has 0 N–H and O–H groups in total. The van der Waals surface area contributed by atoms with Crippen LogP contribution in [0.1, 0.15) is 58.3 Å². The van der Waals surface area contributed by atoms with Gasteiger partial charge in [0.15, 0.2) is 0 Å². The maximum atomic E-state index is 3.64. The van der Waals surface area contributed by atoms with Crippen molar-refractivity contribution >= 4 is 27.4 Å². The van der Waals surface area contributed by atoms with Crippen LogP contribution in [-0.4, -0.2) is 27.4 Å². The van der Waals surface area contributed by atoms with Crippen LogP contribution in [0.15, 0.2) is 0 Å². The van der Waals surface area contributed by atoms with Crippen LogP contribution in [0.2, 0.25) is 6.04 Å². The van der Waals surface area contributed by atoms with E-state index in [2.05, 4.69) is 26.4 Å². The van der Waals surface area contributed by atoms with Gasteiger partial charge in [0.1, 0.15) is 0 Å². The van der Waals surface area contributed by atoms with Crippen LogP contribution in [-0.2, 0) is 0 Å². The first-order valence-electron chi connectivity index (χ1n) is 5.56. The summed E-state index contributed by atoms with van der Waals surface area (Å²) in [4.78, 5) is 0. The maximum Gasteiger partial charge on any atom is 0.0144 e. The molecule has 0 aromatic carbocycles. The molecule has 0 saturated heterocycles. The zero-order valence-electron chi connectivity index (χ0n) is 8.86. The average molecular weight is 226 g/mol. The Morgan fingerprint density at radius 3 is 1.69 bits per heavy atom. The predicted octanol–water partition coefficient (Wildman–Crippen LogP) is 2.95. The number of hydrogen-bond acceptors (Lipinski definition) is 0. The van der Waals surface area contributed by atoms with E-state index in [1.165, 1.54) is 57.4 Å². The second kappa shape index (κ2) is 10.7. The topological polar surface area (TPSA) is 0 Å². The number of unbranched alkanes of at least 4 members (excludes halogenated alkanes) is 7. The van der Waals surface area contributed by atoms with Crippen molar-refractivity contribution in [1.29, 1.82) is 0 Å². The lowest BCUT2D eigenvalue weighted by molar-refractivity contribution is 0.585. The Kier molecular flexibility index (Phi) is 11.3. The fourth-order valence-electron chi connectivity index (χ4n) is 1.44. The highest BCUT2D eigenvalue weighted by molar-refractivity contribution is 7.29. The summed E-state index contributed by atoms with van der Waals surface area (Å²) < 4.78 is 0. The van der Waals surface area contributed by atoms with Crippen molar-refractivity contribution in [1.82, 2.24) is 0 Å². The van der Waals surface area contributed by atoms with E-state index in [9.17, 15) is 0 Å². The Labute approximate surface area is 91.9 Å². The van der Waals surface area contributed by atoms with Gasteiger partial charge in [0, 0.05) is 27.4 Å². The minimum atomic E-state index is -0.324. The van der Waals surface area contributed by atoms with Crippen molar-refractivity contribution in [2.45, 2.75) is 64.3 Å². The van der Waals surface area contributed by atoms with Crippen LogP contribution in [0.3, 0.4) is 0 Å². The number of rotatable bonds is 9. The van der Waals surface area contributed by atoms with Gasteiger partial charge in [-0.05, 0) is 0 Å². The Morgan fingerprint density at radius 1 is 0.769 bits per heavy atom. The molecule has 0 nitrogen and oxygen atoms in total. The second-order valence-corrected chi connectivity index (χ2v) is 10.3. The van der Waals surface area contributed by atoms with Crippen molar-refractivity contribution in [2.75, 3.05) is 0 Å². The van der Waals surface area contributed by atoms with E-state index in [1.54, 1.807) is 0 Å². The van der Waals surface area contributed by atoms with Crippen LogP contribution >= 0.6 is 0 Å². The third-order valence-electron chi connectivity index (χ3n) is 2.28. The normalized spacial score (nSPS) is 11.1. The number of hydrogen-bond donors (Lipinski definition) is 0. The van der Waals surface area contributed by atoms with Gasteiger partial charge in [0.05, 0.1) is 0 Å². The van der Waals surface area contributed by atoms with Crippen LogP contribution in [0.5, 0.6) is 0 Å². The standard InChI is InChI=1S/C10H21Si3/c1-2-3-4-5-6-7-8-9-10-13(11)12/h2-10H2,1H3. The molecule has 0 rings (SSSR count). The molecule has 0 aliphatic rings. The van der Waals surface area contributed by atoms with Crippen LogP contribution in [0, 0.1) is 0 Å². The Hall–Kier alpha value is 0.651. The van der Waals surface area contributed by atoms with Gasteiger partial charge in [-0.25, -0.2) is 0 Å². The third kappa shape index (κ3) is 12.7. The molecule has 0 aliphatic heterocycles. The van der Waals surface area contributed by atoms with Crippen LogP contribution in [0.4, 0.5) is 0 Å². The first-order chi connectivity index (χ1) is 6.27. The Bertz CT molecular complexity index is 94.2. The van der Waals surface area contributed by atoms with Crippen molar-refractivity contribution in [3.05, 3.63) is 0 Å². The van der Waals surface area contributed by atoms with Gasteiger partial charge in [-0.2, -0.15) is 0 Å². The zero-order valence-corrected chi connectivity index (χ0v) is 11.9. The first kappa shape index (κ1) is 13.7. The molecule has 73 valence electrons. The van der Waals surface area contributed by atoms with Gasteiger partial charge in [0.2, 0.25) is 0 Å². The molecule has 0 bridgehead atoms. The summed E-state index contributed by atoms with van der Waals surface area (Å²) >= 11 is 0. The summed E-state index contributed by atoms with van der Waals surface area (Å²) in [6, 6.07) is 1.35. The summed E-state index contributed by atoms with van der Waals surface area (Å²) in [5, 5.41) is 0. The molecule has 0 saturated carbocycles. The van der Waals surface area contributed by atoms with Crippen LogP contribution in [0.25, 0.3) is 0 Å². The minimum absolute atomic E-state index is 0.324. The molecule has 0 heterocycles. The molecule has 7 radical (unpaired) electrons. The molecule has 0 aromatic heterocycles. The highest BCUT2D eigenvalue weighted by Gasteiger charge is 1.95. The van der Waals surface area contributed by atoms with Crippen molar-refractivity contribution in [3.8, 4) is 0 Å². The molecule has 3 heteroatoms. The van der Waals surface area contributed by atoms with E-state index in [0.29, 0.717) is 0 Å². The second-order valence-electron chi connectivity index (χ2n) is 3.70. The monoisotopic (exact) mass is 225 g/mol. The van der Waals surface area contributed by atoms with E-state index < -0.39 is 0 Å². The average Bonchev–Trinajstić information content (AvgIpc) is 2.09. The van der Waals surface area contributed by atoms with E-state index >= 15 is 0 Å². The van der Waals surface area contributed by atoms with E-state index in [1.807, 2.05) is 0 Å². The summed E-state index contributed by atoms with van der Waals surface area (Å²) in [6.45, 7) is 2.27. The van der Waals surface area contributed by atoms with Crippen molar-refractivity contribution in [3.63, 3.8) is 0 Å². The quantitative estimate of drug-likeness (QED) is 0.418. The fraction of sp³-hybridized carbons (Fsp3) is 1.00. The summed E-state index contributed by atoms with van der Waals surface area (Å²) in [7, 11) is 6.95. The molecule has 0 spiro atoms. The van der Waals surface area contributed by atoms with Crippen molar-refractivity contribution < 1.29 is 0 Å². The van der Waals surface area contributed by atoms with Gasteiger partial charge < -0.3 is 0 Å². The largest absolute Gasteiger partial charge is 0.0654 e. The predicted molar refractivity (Wildman–Crippen MR) is 64.7 cm³/mol. The van der Waals surface area contributed by atoms with E-state index in [-0.39, 0.29) is 7.83 Å². The van der Waals surface area contributed by atoms with Gasteiger partial charge >= 0.3 is 0 Å². The van der Waals surface area contributed by atoms with E-state index in [0.717, 1.165) is 0 Å². The molecule has 0 aromatic rings. The summed E-state index contributed by atoms with van der Waals surface area (Å²) in [5.74, 6) is 0. The molecule has 13 heavy (non-hydrogen) atoms. The smallest absolute Gasteiger partial charge is 0.0144 e. The van der Waals surface area contributed by atoms with Gasteiger partial charge in [0.25, 0.3) is 0 Å². The molecular formula is C10H21Si3. The molecule has 0 atom stereocenters. The van der Waals surface area contributed by atoms with Gasteiger partial charge in [-0.1, -0.05) is 64.3 Å². The van der Waals surface area contributed by atoms with Crippen LogP contribution < -0.4 is 0 Å². The lowest BCUT2D eigenvalue weighted by Crippen LogP contribution is -2.11. The Balaban J connectivity index is 2.84. The molecular weight excluding hydrogens is 204 g/mol. The summed E-state index contributed by atoms with van der Waals surface area (Å²) in [6.07, 6.45) is 11.4. The molecule has 0 amide bonds. The first-order valence-corrected chi connectivity index (χ1v) is 10.3. The minimum Gasteiger partial charge on any atom is -0.0654 e. The highest BCUT2D eigenvalue weighted by atomic mass is 29.5. The molecule has 0 fully saturated rings.